The lowest BCUT2D eigenvalue weighted by Gasteiger charge is -2.35. The second-order valence-electron chi connectivity index (χ2n) is 8.64. The summed E-state index contributed by atoms with van der Waals surface area (Å²) < 4.78 is 5.43. The largest absolute Gasteiger partial charge is 0.377 e. The molecule has 3 nitrogen and oxygen atoms in total. The molecule has 0 saturated carbocycles. The molecule has 2 heterocycles. The van der Waals surface area contributed by atoms with Gasteiger partial charge in [-0.25, -0.2) is 0 Å². The van der Waals surface area contributed by atoms with Crippen molar-refractivity contribution in [3.63, 3.8) is 0 Å². The van der Waals surface area contributed by atoms with Crippen molar-refractivity contribution in [2.24, 2.45) is 17.3 Å². The number of allylic oxidation sites excluding steroid dienone is 2. The van der Waals surface area contributed by atoms with E-state index in [2.05, 4.69) is 57.5 Å². The van der Waals surface area contributed by atoms with Crippen LogP contribution in [0.2, 0.25) is 0 Å². The summed E-state index contributed by atoms with van der Waals surface area (Å²) in [6.45, 7) is 17.3. The SMILES string of the molecule is C[C@H]1CCN(CC2CO2)CCN(C)/C(=C/C(C)(C)C)[C@H](C)C1. The van der Waals surface area contributed by atoms with E-state index in [1.54, 1.807) is 0 Å². The van der Waals surface area contributed by atoms with Gasteiger partial charge in [0, 0.05) is 32.4 Å². The molecule has 0 spiro atoms. The normalized spacial score (nSPS) is 34.0. The van der Waals surface area contributed by atoms with Crippen LogP contribution in [0, 0.1) is 17.3 Å². The minimum atomic E-state index is 0.243. The van der Waals surface area contributed by atoms with Gasteiger partial charge in [-0.15, -0.1) is 0 Å². The smallest absolute Gasteiger partial charge is 0.0936 e. The highest BCUT2D eigenvalue weighted by Gasteiger charge is 2.27. The number of epoxide rings is 1. The van der Waals surface area contributed by atoms with Gasteiger partial charge in [0.15, 0.2) is 0 Å². The van der Waals surface area contributed by atoms with Crippen LogP contribution in [0.3, 0.4) is 0 Å². The molecule has 22 heavy (non-hydrogen) atoms. The summed E-state index contributed by atoms with van der Waals surface area (Å²) in [5, 5.41) is 0. The first kappa shape index (κ1) is 17.8. The van der Waals surface area contributed by atoms with Gasteiger partial charge in [0.2, 0.25) is 0 Å². The molecule has 0 aromatic carbocycles. The molecule has 0 aliphatic carbocycles. The molecule has 0 radical (unpaired) electrons. The Labute approximate surface area is 137 Å². The zero-order chi connectivity index (χ0) is 16.3. The van der Waals surface area contributed by atoms with Gasteiger partial charge in [0.05, 0.1) is 12.7 Å². The molecule has 3 atom stereocenters. The van der Waals surface area contributed by atoms with Crippen LogP contribution in [0.5, 0.6) is 0 Å². The number of ether oxygens (including phenoxy) is 1. The van der Waals surface area contributed by atoms with Gasteiger partial charge in [-0.3, -0.25) is 4.90 Å². The van der Waals surface area contributed by atoms with Crippen LogP contribution in [-0.2, 0) is 4.74 Å². The first-order valence-corrected chi connectivity index (χ1v) is 9.02. The molecule has 3 heteroatoms. The van der Waals surface area contributed by atoms with Crippen molar-refractivity contribution >= 4 is 0 Å². The highest BCUT2D eigenvalue weighted by Crippen LogP contribution is 2.29. The third kappa shape index (κ3) is 5.92. The van der Waals surface area contributed by atoms with E-state index >= 15 is 0 Å². The lowest BCUT2D eigenvalue weighted by molar-refractivity contribution is 0.187. The fourth-order valence-corrected chi connectivity index (χ4v) is 3.49. The summed E-state index contributed by atoms with van der Waals surface area (Å²) in [6.07, 6.45) is 5.59. The Morgan fingerprint density at radius 1 is 1.18 bits per heavy atom. The predicted molar refractivity (Wildman–Crippen MR) is 93.9 cm³/mol. The van der Waals surface area contributed by atoms with E-state index in [4.69, 9.17) is 4.74 Å². The van der Waals surface area contributed by atoms with Crippen LogP contribution in [-0.4, -0.2) is 55.7 Å². The van der Waals surface area contributed by atoms with Gasteiger partial charge in [-0.05, 0) is 36.6 Å². The number of hydrogen-bond donors (Lipinski definition) is 0. The summed E-state index contributed by atoms with van der Waals surface area (Å²) in [7, 11) is 2.27. The summed E-state index contributed by atoms with van der Waals surface area (Å²) in [5.74, 6) is 1.44. The molecule has 2 saturated heterocycles. The summed E-state index contributed by atoms with van der Waals surface area (Å²) >= 11 is 0. The van der Waals surface area contributed by atoms with Crippen LogP contribution in [0.4, 0.5) is 0 Å². The third-order valence-electron chi connectivity index (χ3n) is 4.84. The molecule has 2 rings (SSSR count). The Bertz CT molecular complexity index is 381. The average Bonchev–Trinajstić information content (AvgIpc) is 3.20. The minimum absolute atomic E-state index is 0.243. The highest BCUT2D eigenvalue weighted by molar-refractivity contribution is 5.09. The predicted octanol–water partition coefficient (Wildman–Crippen LogP) is 3.62. The monoisotopic (exact) mass is 308 g/mol. The molecule has 1 unspecified atom stereocenters. The maximum absolute atomic E-state index is 5.43. The van der Waals surface area contributed by atoms with Crippen molar-refractivity contribution < 1.29 is 4.74 Å². The quantitative estimate of drug-likeness (QED) is 0.726. The summed E-state index contributed by atoms with van der Waals surface area (Å²) in [5.41, 5.74) is 1.77. The first-order valence-electron chi connectivity index (χ1n) is 9.02. The van der Waals surface area contributed by atoms with Gasteiger partial charge < -0.3 is 9.64 Å². The summed E-state index contributed by atoms with van der Waals surface area (Å²) in [4.78, 5) is 5.10. The molecular formula is C19H36N2O. The van der Waals surface area contributed by atoms with Gasteiger partial charge in [-0.2, -0.15) is 0 Å². The second kappa shape index (κ2) is 7.35. The summed E-state index contributed by atoms with van der Waals surface area (Å²) in [6, 6.07) is 0. The molecule has 0 bridgehead atoms. The van der Waals surface area contributed by atoms with Gasteiger partial charge in [0.25, 0.3) is 0 Å². The molecule has 0 aromatic heterocycles. The molecule has 2 aliphatic rings. The van der Waals surface area contributed by atoms with Crippen LogP contribution in [0.1, 0.15) is 47.5 Å². The molecular weight excluding hydrogens is 272 g/mol. The topological polar surface area (TPSA) is 19.0 Å². The van der Waals surface area contributed by atoms with Crippen LogP contribution in [0.15, 0.2) is 11.8 Å². The van der Waals surface area contributed by atoms with E-state index in [0.29, 0.717) is 12.0 Å². The molecule has 2 aliphatic heterocycles. The molecule has 0 N–H and O–H groups in total. The van der Waals surface area contributed by atoms with Crippen molar-refractivity contribution in [1.29, 1.82) is 0 Å². The number of hydrogen-bond acceptors (Lipinski definition) is 3. The molecule has 2 fully saturated rings. The number of nitrogens with zero attached hydrogens (tertiary/aromatic N) is 2. The van der Waals surface area contributed by atoms with E-state index in [0.717, 1.165) is 32.2 Å². The Kier molecular flexibility index (Phi) is 5.95. The van der Waals surface area contributed by atoms with Gasteiger partial charge in [0.1, 0.15) is 0 Å². The van der Waals surface area contributed by atoms with E-state index in [1.807, 2.05) is 0 Å². The third-order valence-corrected chi connectivity index (χ3v) is 4.84. The fraction of sp³-hybridized carbons (Fsp3) is 0.895. The minimum Gasteiger partial charge on any atom is -0.377 e. The Balaban J connectivity index is 2.08. The maximum atomic E-state index is 5.43. The Hall–Kier alpha value is -0.540. The van der Waals surface area contributed by atoms with Crippen LogP contribution in [0.25, 0.3) is 0 Å². The molecule has 128 valence electrons. The molecule has 0 aromatic rings. The van der Waals surface area contributed by atoms with Crippen LogP contribution >= 0.6 is 0 Å². The Morgan fingerprint density at radius 3 is 2.45 bits per heavy atom. The van der Waals surface area contributed by atoms with Gasteiger partial charge in [-0.1, -0.05) is 40.7 Å². The van der Waals surface area contributed by atoms with Gasteiger partial charge >= 0.3 is 0 Å². The van der Waals surface area contributed by atoms with E-state index < -0.39 is 0 Å². The van der Waals surface area contributed by atoms with Crippen molar-refractivity contribution in [3.8, 4) is 0 Å². The van der Waals surface area contributed by atoms with E-state index in [1.165, 1.54) is 25.1 Å². The van der Waals surface area contributed by atoms with E-state index in [9.17, 15) is 0 Å². The lowest BCUT2D eigenvalue weighted by atomic mass is 9.87. The Morgan fingerprint density at radius 2 is 1.86 bits per heavy atom. The fourth-order valence-electron chi connectivity index (χ4n) is 3.49. The van der Waals surface area contributed by atoms with Crippen LogP contribution < -0.4 is 0 Å². The lowest BCUT2D eigenvalue weighted by Crippen LogP contribution is -2.39. The first-order chi connectivity index (χ1) is 10.2. The average molecular weight is 309 g/mol. The van der Waals surface area contributed by atoms with Crippen molar-refractivity contribution in [2.45, 2.75) is 53.6 Å². The second-order valence-corrected chi connectivity index (χ2v) is 8.64. The van der Waals surface area contributed by atoms with Crippen molar-refractivity contribution in [3.05, 3.63) is 11.8 Å². The standard InChI is InChI=1S/C19H36N2O/c1-15-7-8-21(13-17-14-22-17)10-9-20(6)18(16(2)11-15)12-19(3,4)5/h12,15-17H,7-11,13-14H2,1-6H3/b18-12+/t15-,16+,17?/m0/s1. The zero-order valence-electron chi connectivity index (χ0n) is 15.6. The van der Waals surface area contributed by atoms with Crippen molar-refractivity contribution in [2.75, 3.05) is 39.8 Å². The van der Waals surface area contributed by atoms with Crippen molar-refractivity contribution in [1.82, 2.24) is 9.80 Å². The zero-order valence-corrected chi connectivity index (χ0v) is 15.6. The molecule has 0 amide bonds. The highest BCUT2D eigenvalue weighted by atomic mass is 16.6. The van der Waals surface area contributed by atoms with E-state index in [-0.39, 0.29) is 5.41 Å². The number of likely N-dealkylation sites (N-methyl/N-ethyl adjacent to an activating group) is 1. The number of rotatable bonds is 2. The maximum Gasteiger partial charge on any atom is 0.0936 e.